The Morgan fingerprint density at radius 3 is 2.71 bits per heavy atom. The van der Waals surface area contributed by atoms with E-state index in [1.165, 1.54) is 11.8 Å². The molecule has 17 heavy (non-hydrogen) atoms. The average Bonchev–Trinajstić information content (AvgIpc) is 2.37. The second kappa shape index (κ2) is 8.00. The van der Waals surface area contributed by atoms with Crippen LogP contribution in [0.2, 0.25) is 0 Å². The first-order valence-electron chi connectivity index (χ1n) is 5.80. The van der Waals surface area contributed by atoms with Crippen molar-refractivity contribution < 1.29 is 5.11 Å². The lowest BCUT2D eigenvalue weighted by atomic mass is 10.2. The van der Waals surface area contributed by atoms with Gasteiger partial charge in [-0.05, 0) is 18.6 Å². The highest BCUT2D eigenvalue weighted by molar-refractivity contribution is 8.00. The fourth-order valence-electron chi connectivity index (χ4n) is 1.35. The Hall–Kier alpha value is -1.17. The van der Waals surface area contributed by atoms with E-state index in [1.807, 2.05) is 36.4 Å². The molecule has 1 aromatic carbocycles. The molecule has 90 valence electrons. The molecule has 0 aromatic heterocycles. The van der Waals surface area contributed by atoms with Gasteiger partial charge in [0.05, 0.1) is 11.4 Å². The molecule has 0 spiro atoms. The Balaban J connectivity index is 2.57. The maximum absolute atomic E-state index is 9.95. The Kier molecular flexibility index (Phi) is 6.54. The number of benzene rings is 1. The highest BCUT2D eigenvalue weighted by Crippen LogP contribution is 2.25. The summed E-state index contributed by atoms with van der Waals surface area (Å²) in [5.41, 5.74) is 0. The van der Waals surface area contributed by atoms with Crippen LogP contribution in [0.1, 0.15) is 19.8 Å². The second-order valence-corrected chi connectivity index (χ2v) is 4.94. The van der Waals surface area contributed by atoms with Gasteiger partial charge in [0.15, 0.2) is 0 Å². The summed E-state index contributed by atoms with van der Waals surface area (Å²) in [5, 5.41) is 9.72. The van der Waals surface area contributed by atoms with Gasteiger partial charge in [0.25, 0.3) is 0 Å². The van der Waals surface area contributed by atoms with Gasteiger partial charge < -0.3 is 5.11 Å². The first kappa shape index (κ1) is 13.9. The van der Waals surface area contributed by atoms with Gasteiger partial charge in [-0.1, -0.05) is 49.6 Å². The molecule has 0 unspecified atom stereocenters. The fourth-order valence-corrected chi connectivity index (χ4v) is 2.26. The van der Waals surface area contributed by atoms with Gasteiger partial charge in [-0.3, -0.25) is 0 Å². The second-order valence-electron chi connectivity index (χ2n) is 3.73. The molecule has 1 N–H and O–H groups in total. The summed E-state index contributed by atoms with van der Waals surface area (Å²) in [6, 6.07) is 9.89. The van der Waals surface area contributed by atoms with E-state index in [9.17, 15) is 5.11 Å². The van der Waals surface area contributed by atoms with Crippen molar-refractivity contribution in [3.05, 3.63) is 42.5 Å². The zero-order chi connectivity index (χ0) is 12.5. The van der Waals surface area contributed by atoms with Crippen molar-refractivity contribution in [2.24, 2.45) is 0 Å². The summed E-state index contributed by atoms with van der Waals surface area (Å²) >= 11 is 1.52. The van der Waals surface area contributed by atoms with Crippen LogP contribution in [-0.2, 0) is 0 Å². The van der Waals surface area contributed by atoms with Gasteiger partial charge in [-0.15, -0.1) is 18.2 Å². The maximum Gasteiger partial charge on any atom is 0.0995 e. The van der Waals surface area contributed by atoms with Crippen LogP contribution in [0.15, 0.2) is 47.4 Å². The number of aliphatic hydroxyl groups is 1. The molecule has 0 fully saturated rings. The summed E-state index contributed by atoms with van der Waals surface area (Å²) < 4.78 is 0. The molecular formula is C15H18OS. The molecule has 1 rings (SSSR count). The van der Waals surface area contributed by atoms with Crippen molar-refractivity contribution in [1.29, 1.82) is 0 Å². The van der Waals surface area contributed by atoms with Crippen LogP contribution in [0.3, 0.4) is 0 Å². The van der Waals surface area contributed by atoms with Crippen molar-refractivity contribution >= 4 is 11.8 Å². The number of aliphatic hydroxyl groups excluding tert-OH is 1. The zero-order valence-corrected chi connectivity index (χ0v) is 10.9. The van der Waals surface area contributed by atoms with Gasteiger partial charge >= 0.3 is 0 Å². The van der Waals surface area contributed by atoms with Crippen LogP contribution in [0, 0.1) is 12.3 Å². The van der Waals surface area contributed by atoms with Gasteiger partial charge in [-0.25, -0.2) is 0 Å². The summed E-state index contributed by atoms with van der Waals surface area (Å²) in [5.74, 6) is 2.64. The number of thioether (sulfide) groups is 1. The highest BCUT2D eigenvalue weighted by Gasteiger charge is 2.14. The average molecular weight is 246 g/mol. The van der Waals surface area contributed by atoms with Crippen molar-refractivity contribution in [3.8, 4) is 12.3 Å². The van der Waals surface area contributed by atoms with Crippen LogP contribution in [0.25, 0.3) is 0 Å². The predicted molar refractivity (Wildman–Crippen MR) is 75.0 cm³/mol. The number of terminal acetylenes is 1. The third-order valence-electron chi connectivity index (χ3n) is 2.27. The monoisotopic (exact) mass is 246 g/mol. The molecule has 0 aliphatic rings. The van der Waals surface area contributed by atoms with E-state index in [0.717, 1.165) is 17.7 Å². The molecular weight excluding hydrogens is 228 g/mol. The molecule has 0 bridgehead atoms. The van der Waals surface area contributed by atoms with E-state index in [1.54, 1.807) is 6.08 Å². The lowest BCUT2D eigenvalue weighted by Crippen LogP contribution is -2.18. The SMILES string of the molecule is C#C[C@H](Sc1ccccc1)[C@H](O)/C=C/CCC. The molecule has 0 saturated carbocycles. The number of hydrogen-bond donors (Lipinski definition) is 1. The zero-order valence-electron chi connectivity index (χ0n) is 10.0. The minimum atomic E-state index is -0.586. The van der Waals surface area contributed by atoms with Crippen LogP contribution in [-0.4, -0.2) is 16.5 Å². The van der Waals surface area contributed by atoms with E-state index < -0.39 is 6.10 Å². The molecule has 0 radical (unpaired) electrons. The van der Waals surface area contributed by atoms with E-state index in [4.69, 9.17) is 6.42 Å². The van der Waals surface area contributed by atoms with E-state index >= 15 is 0 Å². The molecule has 1 nitrogen and oxygen atoms in total. The first-order valence-corrected chi connectivity index (χ1v) is 6.68. The molecule has 0 aliphatic heterocycles. The standard InChI is InChI=1S/C15H18OS/c1-3-5-7-12-14(16)15(4-2)17-13-10-8-6-9-11-13/h2,6-12,14-16H,3,5H2,1H3/b12-7+/t14-,15+/m1/s1. The highest BCUT2D eigenvalue weighted by atomic mass is 32.2. The van der Waals surface area contributed by atoms with Crippen molar-refractivity contribution in [1.82, 2.24) is 0 Å². The minimum Gasteiger partial charge on any atom is -0.387 e. The molecule has 1 aromatic rings. The van der Waals surface area contributed by atoms with Crippen LogP contribution in [0.5, 0.6) is 0 Å². The molecule has 0 saturated heterocycles. The lowest BCUT2D eigenvalue weighted by molar-refractivity contribution is 0.234. The van der Waals surface area contributed by atoms with Gasteiger partial charge in [0, 0.05) is 4.90 Å². The van der Waals surface area contributed by atoms with Crippen LogP contribution >= 0.6 is 11.8 Å². The van der Waals surface area contributed by atoms with Crippen molar-refractivity contribution in [2.45, 2.75) is 36.0 Å². The maximum atomic E-state index is 9.95. The number of allylic oxidation sites excluding steroid dienone is 1. The molecule has 0 amide bonds. The van der Waals surface area contributed by atoms with Gasteiger partial charge in [-0.2, -0.15) is 0 Å². The Labute approximate surface area is 108 Å². The molecule has 0 heterocycles. The Morgan fingerprint density at radius 2 is 2.12 bits per heavy atom. The van der Waals surface area contributed by atoms with Crippen LogP contribution in [0.4, 0.5) is 0 Å². The summed E-state index contributed by atoms with van der Waals surface area (Å²) in [6.45, 7) is 2.11. The first-order chi connectivity index (χ1) is 8.27. The van der Waals surface area contributed by atoms with Crippen molar-refractivity contribution in [3.63, 3.8) is 0 Å². The fraction of sp³-hybridized carbons (Fsp3) is 0.333. The van der Waals surface area contributed by atoms with E-state index in [0.29, 0.717) is 0 Å². The summed E-state index contributed by atoms with van der Waals surface area (Å²) in [6.07, 6.45) is 10.7. The third kappa shape index (κ3) is 5.12. The van der Waals surface area contributed by atoms with Gasteiger partial charge in [0.1, 0.15) is 0 Å². The number of hydrogen-bond acceptors (Lipinski definition) is 2. The predicted octanol–water partition coefficient (Wildman–Crippen LogP) is 3.50. The summed E-state index contributed by atoms with van der Waals surface area (Å²) in [7, 11) is 0. The Bertz CT molecular complexity index is 378. The smallest absolute Gasteiger partial charge is 0.0995 e. The largest absolute Gasteiger partial charge is 0.387 e. The normalized spacial score (nSPS) is 14.4. The molecule has 0 aliphatic carbocycles. The van der Waals surface area contributed by atoms with Crippen molar-refractivity contribution in [2.75, 3.05) is 0 Å². The lowest BCUT2D eigenvalue weighted by Gasteiger charge is -2.14. The molecule has 2 heteroatoms. The van der Waals surface area contributed by atoms with E-state index in [2.05, 4.69) is 12.8 Å². The minimum absolute atomic E-state index is 0.231. The summed E-state index contributed by atoms with van der Waals surface area (Å²) in [4.78, 5) is 1.08. The topological polar surface area (TPSA) is 20.2 Å². The number of rotatable bonds is 6. The van der Waals surface area contributed by atoms with E-state index in [-0.39, 0.29) is 5.25 Å². The third-order valence-corrected chi connectivity index (χ3v) is 3.48. The quantitative estimate of drug-likeness (QED) is 0.471. The van der Waals surface area contributed by atoms with Crippen LogP contribution < -0.4 is 0 Å². The molecule has 2 atom stereocenters. The Morgan fingerprint density at radius 1 is 1.41 bits per heavy atom. The van der Waals surface area contributed by atoms with Gasteiger partial charge in [0.2, 0.25) is 0 Å². The number of unbranched alkanes of at least 4 members (excludes halogenated alkanes) is 1.